The van der Waals surface area contributed by atoms with Crippen LogP contribution in [0.2, 0.25) is 5.02 Å². The van der Waals surface area contributed by atoms with Gasteiger partial charge in [0, 0.05) is 33.9 Å². The molecule has 0 spiro atoms. The molecule has 0 fully saturated rings. The molecule has 0 radical (unpaired) electrons. The van der Waals surface area contributed by atoms with Gasteiger partial charge >= 0.3 is 5.97 Å². The second-order valence-electron chi connectivity index (χ2n) is 7.61. The summed E-state index contributed by atoms with van der Waals surface area (Å²) in [7, 11) is 0. The summed E-state index contributed by atoms with van der Waals surface area (Å²) in [4.78, 5) is 41.5. The quantitative estimate of drug-likeness (QED) is 0.292. The molecule has 0 bridgehead atoms. The third-order valence-corrected chi connectivity index (χ3v) is 6.28. The van der Waals surface area contributed by atoms with Crippen LogP contribution in [-0.4, -0.2) is 37.9 Å². The van der Waals surface area contributed by atoms with Crippen molar-refractivity contribution in [3.8, 4) is 22.6 Å². The first-order valence-electron chi connectivity index (χ1n) is 10.6. The first-order chi connectivity index (χ1) is 17.0. The summed E-state index contributed by atoms with van der Waals surface area (Å²) in [5.74, 6) is -0.464. The maximum atomic E-state index is 12.7. The summed E-state index contributed by atoms with van der Waals surface area (Å²) in [6, 6.07) is 16.0. The van der Waals surface area contributed by atoms with Crippen LogP contribution in [0.25, 0.3) is 33.7 Å². The number of fused-ring (bicyclic) bond motifs is 1. The number of imidazole rings is 1. The topological polar surface area (TPSA) is 110 Å². The molecule has 0 saturated heterocycles. The average Bonchev–Trinajstić information content (AvgIpc) is 3.51. The van der Waals surface area contributed by atoms with Gasteiger partial charge < -0.3 is 9.72 Å². The van der Waals surface area contributed by atoms with Gasteiger partial charge in [-0.2, -0.15) is 0 Å². The van der Waals surface area contributed by atoms with Gasteiger partial charge in [0.05, 0.1) is 22.3 Å². The van der Waals surface area contributed by atoms with Crippen LogP contribution in [-0.2, 0) is 9.53 Å². The molecule has 5 rings (SSSR count). The Labute approximate surface area is 209 Å². The number of anilines is 1. The zero-order valence-corrected chi connectivity index (χ0v) is 19.9. The maximum absolute atomic E-state index is 12.7. The molecule has 3 heterocycles. The zero-order chi connectivity index (χ0) is 24.4. The van der Waals surface area contributed by atoms with Crippen LogP contribution in [0.15, 0.2) is 72.4 Å². The van der Waals surface area contributed by atoms with Crippen molar-refractivity contribution in [3.05, 3.63) is 83.0 Å². The van der Waals surface area contributed by atoms with E-state index in [0.29, 0.717) is 38.3 Å². The number of thiazole rings is 1. The first-order valence-corrected chi connectivity index (χ1v) is 11.9. The number of esters is 1. The van der Waals surface area contributed by atoms with E-state index in [1.807, 2.05) is 30.3 Å². The molecule has 0 aliphatic rings. The summed E-state index contributed by atoms with van der Waals surface area (Å²) < 4.78 is 5.38. The molecule has 3 aromatic heterocycles. The van der Waals surface area contributed by atoms with Crippen LogP contribution in [0.5, 0.6) is 0 Å². The number of H-pyrrole nitrogens is 1. The van der Waals surface area contributed by atoms with Crippen molar-refractivity contribution in [1.82, 2.24) is 19.9 Å². The second kappa shape index (κ2) is 9.65. The molecular weight excluding hydrogens is 486 g/mol. The molecule has 174 valence electrons. The largest absolute Gasteiger partial charge is 0.449 e. The molecule has 2 aromatic carbocycles. The number of nitrogens with zero attached hydrogens (tertiary/aromatic N) is 3. The van der Waals surface area contributed by atoms with Crippen LogP contribution < -0.4 is 5.32 Å². The van der Waals surface area contributed by atoms with Gasteiger partial charge in [-0.05, 0) is 43.3 Å². The second-order valence-corrected chi connectivity index (χ2v) is 8.88. The number of pyridine rings is 1. The Morgan fingerprint density at radius 3 is 2.77 bits per heavy atom. The average molecular weight is 504 g/mol. The van der Waals surface area contributed by atoms with Gasteiger partial charge in [-0.15, -0.1) is 11.3 Å². The van der Waals surface area contributed by atoms with Crippen molar-refractivity contribution in [2.45, 2.75) is 13.0 Å². The Hall–Kier alpha value is -4.08. The number of benzene rings is 2. The van der Waals surface area contributed by atoms with Gasteiger partial charge in [-0.25, -0.2) is 14.8 Å². The Kier molecular flexibility index (Phi) is 6.26. The molecule has 1 amide bonds. The van der Waals surface area contributed by atoms with E-state index in [-0.39, 0.29) is 0 Å². The third-order valence-electron chi connectivity index (χ3n) is 5.19. The van der Waals surface area contributed by atoms with E-state index >= 15 is 0 Å². The van der Waals surface area contributed by atoms with E-state index in [2.05, 4.69) is 25.3 Å². The van der Waals surface area contributed by atoms with Crippen molar-refractivity contribution < 1.29 is 14.3 Å². The third kappa shape index (κ3) is 4.91. The number of amides is 1. The first kappa shape index (κ1) is 22.7. The molecule has 0 aliphatic carbocycles. The lowest BCUT2D eigenvalue weighted by Gasteiger charge is -2.12. The van der Waals surface area contributed by atoms with E-state index in [1.165, 1.54) is 18.3 Å². The zero-order valence-electron chi connectivity index (χ0n) is 18.4. The molecule has 0 saturated carbocycles. The van der Waals surface area contributed by atoms with Crippen molar-refractivity contribution in [1.29, 1.82) is 0 Å². The van der Waals surface area contributed by atoms with E-state index < -0.39 is 18.0 Å². The molecule has 35 heavy (non-hydrogen) atoms. The highest BCUT2D eigenvalue weighted by Crippen LogP contribution is 2.30. The lowest BCUT2D eigenvalue weighted by atomic mass is 10.2. The lowest BCUT2D eigenvalue weighted by Crippen LogP contribution is -2.29. The smallest absolute Gasteiger partial charge is 0.338 e. The van der Waals surface area contributed by atoms with Gasteiger partial charge in [0.1, 0.15) is 5.82 Å². The molecule has 8 nitrogen and oxygen atoms in total. The van der Waals surface area contributed by atoms with E-state index in [0.717, 1.165) is 11.1 Å². The van der Waals surface area contributed by atoms with Gasteiger partial charge in [-0.1, -0.05) is 29.8 Å². The van der Waals surface area contributed by atoms with Crippen LogP contribution >= 0.6 is 22.9 Å². The van der Waals surface area contributed by atoms with Gasteiger partial charge in [0.25, 0.3) is 5.91 Å². The number of carbonyl (C=O) groups is 2. The number of nitrogens with one attached hydrogen (secondary N) is 2. The van der Waals surface area contributed by atoms with Crippen molar-refractivity contribution in [3.63, 3.8) is 0 Å². The number of rotatable bonds is 6. The highest BCUT2D eigenvalue weighted by Gasteiger charge is 2.21. The molecule has 2 N–H and O–H groups in total. The fourth-order valence-corrected chi connectivity index (χ4v) is 4.34. The van der Waals surface area contributed by atoms with E-state index in [4.69, 9.17) is 16.3 Å². The molecule has 1 unspecified atom stereocenters. The minimum atomic E-state index is -1.03. The van der Waals surface area contributed by atoms with Crippen LogP contribution in [0.1, 0.15) is 17.3 Å². The van der Waals surface area contributed by atoms with Crippen LogP contribution in [0, 0.1) is 0 Å². The fraction of sp³-hybridized carbons (Fsp3) is 0.0800. The molecule has 0 aliphatic heterocycles. The van der Waals surface area contributed by atoms with E-state index in [9.17, 15) is 9.59 Å². The Morgan fingerprint density at radius 1 is 1.11 bits per heavy atom. The number of halogens is 1. The standard InChI is InChI=1S/C25H18ClN5O3S/c1-14(23(32)31-25-30-21(13-35-25)17-6-2-3-7-18(17)26)34-24(33)15-8-9-19-20(11-15)29-22(28-19)16-5-4-10-27-12-16/h2-14H,1H3,(H,28,29)(H,30,31,32). The Bertz CT molecular complexity index is 1530. The Balaban J connectivity index is 1.25. The molecule has 1 atom stereocenters. The minimum absolute atomic E-state index is 0.300. The van der Waals surface area contributed by atoms with Crippen LogP contribution in [0.3, 0.4) is 0 Å². The summed E-state index contributed by atoms with van der Waals surface area (Å²) in [6.45, 7) is 1.51. The van der Waals surface area contributed by atoms with Crippen molar-refractivity contribution >= 4 is 51.0 Å². The van der Waals surface area contributed by atoms with Gasteiger partial charge in [-0.3, -0.25) is 15.1 Å². The number of hydrogen-bond donors (Lipinski definition) is 2. The van der Waals surface area contributed by atoms with Crippen LogP contribution in [0.4, 0.5) is 5.13 Å². The lowest BCUT2D eigenvalue weighted by molar-refractivity contribution is -0.123. The number of aromatic amines is 1. The monoisotopic (exact) mass is 503 g/mol. The molecule has 5 aromatic rings. The minimum Gasteiger partial charge on any atom is -0.449 e. The predicted octanol–water partition coefficient (Wildman–Crippen LogP) is 5.59. The number of carbonyl (C=O) groups excluding carboxylic acids is 2. The predicted molar refractivity (Wildman–Crippen MR) is 135 cm³/mol. The summed E-state index contributed by atoms with van der Waals surface area (Å²) in [6.07, 6.45) is 2.36. The summed E-state index contributed by atoms with van der Waals surface area (Å²) in [5.41, 5.74) is 3.92. The number of hydrogen-bond acceptors (Lipinski definition) is 7. The number of aromatic nitrogens is 4. The highest BCUT2D eigenvalue weighted by molar-refractivity contribution is 7.14. The SMILES string of the molecule is CC(OC(=O)c1ccc2nc(-c3cccnc3)[nH]c2c1)C(=O)Nc1nc(-c2ccccc2Cl)cs1. The van der Waals surface area contributed by atoms with Crippen molar-refractivity contribution in [2.24, 2.45) is 0 Å². The van der Waals surface area contributed by atoms with Gasteiger partial charge in [0.2, 0.25) is 0 Å². The summed E-state index contributed by atoms with van der Waals surface area (Å²) in [5, 5.41) is 5.44. The van der Waals surface area contributed by atoms with E-state index in [1.54, 1.807) is 42.0 Å². The Morgan fingerprint density at radius 2 is 1.97 bits per heavy atom. The van der Waals surface area contributed by atoms with Gasteiger partial charge in [0.15, 0.2) is 11.2 Å². The molecule has 10 heteroatoms. The summed E-state index contributed by atoms with van der Waals surface area (Å²) >= 11 is 7.48. The number of ether oxygens (including phenoxy) is 1. The molecular formula is C25H18ClN5O3S. The fourth-order valence-electron chi connectivity index (χ4n) is 3.39. The highest BCUT2D eigenvalue weighted by atomic mass is 35.5. The normalized spacial score (nSPS) is 11.8. The maximum Gasteiger partial charge on any atom is 0.338 e. The van der Waals surface area contributed by atoms with Crippen molar-refractivity contribution in [2.75, 3.05) is 5.32 Å².